The number of halogens is 1. The number of hydrogen-bond donors (Lipinski definition) is 0. The van der Waals surface area contributed by atoms with Crippen LogP contribution in [0.3, 0.4) is 0 Å². The number of nitrogens with zero attached hydrogens (tertiary/aromatic N) is 6. The number of para-hydroxylation sites is 2. The van der Waals surface area contributed by atoms with E-state index < -0.39 is 5.82 Å². The van der Waals surface area contributed by atoms with E-state index in [0.717, 1.165) is 43.6 Å². The lowest BCUT2D eigenvalue weighted by atomic mass is 9.96. The molecule has 0 aliphatic carbocycles. The molecule has 0 N–H and O–H groups in total. The van der Waals surface area contributed by atoms with E-state index in [1.807, 2.05) is 88.0 Å². The van der Waals surface area contributed by atoms with Gasteiger partial charge in [0.15, 0.2) is 5.69 Å². The van der Waals surface area contributed by atoms with Crippen molar-refractivity contribution in [3.63, 3.8) is 0 Å². The summed E-state index contributed by atoms with van der Waals surface area (Å²) in [6.07, 6.45) is 0. The molecule has 0 radical (unpaired) electrons. The highest BCUT2D eigenvalue weighted by Crippen LogP contribution is 2.44. The Hall–Kier alpha value is -7.19. The van der Waals surface area contributed by atoms with Gasteiger partial charge in [0, 0.05) is 27.3 Å². The first-order valence-electron chi connectivity index (χ1n) is 14.7. The first-order valence-corrected chi connectivity index (χ1v) is 14.7. The second-order valence-electron chi connectivity index (χ2n) is 11.2. The van der Waals surface area contributed by atoms with E-state index in [0.29, 0.717) is 33.8 Å². The van der Waals surface area contributed by atoms with Crippen molar-refractivity contribution in [2.24, 2.45) is 0 Å². The molecule has 0 aliphatic heterocycles. The SMILES string of the molecule is [C-]#[N+]c1ccc2c(c1)c1ccccc1n2-c1cc(C#N)cc(-n2c3ccccc3c3cc(C#N)ccc32)c1-c1ccc(C#N)cc1F. The second kappa shape index (κ2) is 10.5. The molecule has 0 spiro atoms. The first-order chi connectivity index (χ1) is 23.0. The van der Waals surface area contributed by atoms with Gasteiger partial charge in [0.05, 0.1) is 74.9 Å². The maximum absolute atomic E-state index is 16.3. The Morgan fingerprint density at radius 1 is 0.532 bits per heavy atom. The number of benzene rings is 6. The number of fused-ring (bicyclic) bond motifs is 6. The van der Waals surface area contributed by atoms with Crippen LogP contribution in [0.5, 0.6) is 0 Å². The lowest BCUT2D eigenvalue weighted by molar-refractivity contribution is 0.630. The lowest BCUT2D eigenvalue weighted by Crippen LogP contribution is -2.06. The third-order valence-electron chi connectivity index (χ3n) is 8.66. The maximum atomic E-state index is 16.3. The van der Waals surface area contributed by atoms with Gasteiger partial charge in [0.25, 0.3) is 0 Å². The fourth-order valence-corrected chi connectivity index (χ4v) is 6.68. The van der Waals surface area contributed by atoms with E-state index in [1.165, 1.54) is 6.07 Å². The molecule has 2 heterocycles. The van der Waals surface area contributed by atoms with Crippen LogP contribution in [-0.4, -0.2) is 9.13 Å². The zero-order valence-corrected chi connectivity index (χ0v) is 24.5. The Labute approximate surface area is 268 Å². The minimum Gasteiger partial charge on any atom is -0.309 e. The number of rotatable bonds is 3. The molecule has 0 aliphatic rings. The summed E-state index contributed by atoms with van der Waals surface area (Å²) in [5.41, 5.74) is 6.63. The lowest BCUT2D eigenvalue weighted by Gasteiger charge is -2.21. The van der Waals surface area contributed by atoms with Crippen molar-refractivity contribution in [1.82, 2.24) is 9.13 Å². The van der Waals surface area contributed by atoms with Crippen LogP contribution in [0.25, 0.3) is 71.0 Å². The molecular formula is C40H19FN6. The summed E-state index contributed by atoms with van der Waals surface area (Å²) in [4.78, 5) is 3.65. The van der Waals surface area contributed by atoms with Crippen molar-refractivity contribution in [1.29, 1.82) is 15.8 Å². The van der Waals surface area contributed by atoms with Gasteiger partial charge in [-0.1, -0.05) is 42.5 Å². The first kappa shape index (κ1) is 27.4. The minimum absolute atomic E-state index is 0.187. The average molecular weight is 603 g/mol. The van der Waals surface area contributed by atoms with E-state index >= 15 is 4.39 Å². The fourth-order valence-electron chi connectivity index (χ4n) is 6.68. The summed E-state index contributed by atoms with van der Waals surface area (Å²) >= 11 is 0. The molecule has 0 saturated carbocycles. The maximum Gasteiger partial charge on any atom is 0.188 e. The molecular weight excluding hydrogens is 583 g/mol. The molecule has 0 atom stereocenters. The summed E-state index contributed by atoms with van der Waals surface area (Å²) in [5.74, 6) is -0.583. The predicted molar refractivity (Wildman–Crippen MR) is 181 cm³/mol. The highest BCUT2D eigenvalue weighted by molar-refractivity contribution is 6.12. The summed E-state index contributed by atoms with van der Waals surface area (Å²) in [6.45, 7) is 7.62. The van der Waals surface area contributed by atoms with Crippen molar-refractivity contribution >= 4 is 49.3 Å². The smallest absolute Gasteiger partial charge is 0.188 e. The Morgan fingerprint density at radius 3 is 1.62 bits per heavy atom. The molecule has 6 nitrogen and oxygen atoms in total. The molecule has 7 heteroatoms. The normalized spacial score (nSPS) is 11.0. The van der Waals surface area contributed by atoms with Crippen LogP contribution in [0.15, 0.2) is 115 Å². The third-order valence-corrected chi connectivity index (χ3v) is 8.66. The number of hydrogen-bond acceptors (Lipinski definition) is 3. The largest absolute Gasteiger partial charge is 0.309 e. The van der Waals surface area contributed by atoms with E-state index in [4.69, 9.17) is 6.57 Å². The van der Waals surface area contributed by atoms with Crippen molar-refractivity contribution in [2.75, 3.05) is 0 Å². The summed E-state index contributed by atoms with van der Waals surface area (Å²) in [6, 6.07) is 41.0. The molecule has 0 fully saturated rings. The molecule has 0 amide bonds. The van der Waals surface area contributed by atoms with Crippen LogP contribution in [0, 0.1) is 46.4 Å². The van der Waals surface area contributed by atoms with Crippen LogP contribution in [0.2, 0.25) is 0 Å². The van der Waals surface area contributed by atoms with Gasteiger partial charge >= 0.3 is 0 Å². The van der Waals surface area contributed by atoms with Crippen LogP contribution < -0.4 is 0 Å². The quantitative estimate of drug-likeness (QED) is 0.189. The molecule has 0 saturated heterocycles. The minimum atomic E-state index is -0.583. The molecule has 216 valence electrons. The third kappa shape index (κ3) is 4.06. The molecule has 8 aromatic rings. The van der Waals surface area contributed by atoms with Gasteiger partial charge in [-0.25, -0.2) is 9.24 Å². The second-order valence-corrected chi connectivity index (χ2v) is 11.2. The van der Waals surface area contributed by atoms with E-state index in [2.05, 4.69) is 17.0 Å². The Bertz CT molecular complexity index is 2660. The Balaban J connectivity index is 1.61. The van der Waals surface area contributed by atoms with Crippen LogP contribution in [0.4, 0.5) is 10.1 Å². The van der Waals surface area contributed by atoms with Gasteiger partial charge in [-0.05, 0) is 78.2 Å². The monoisotopic (exact) mass is 602 g/mol. The topological polar surface area (TPSA) is 85.6 Å². The van der Waals surface area contributed by atoms with Gasteiger partial charge < -0.3 is 9.13 Å². The van der Waals surface area contributed by atoms with Gasteiger partial charge in [-0.3, -0.25) is 0 Å². The average Bonchev–Trinajstić information content (AvgIpc) is 3.63. The van der Waals surface area contributed by atoms with E-state index in [1.54, 1.807) is 36.4 Å². The highest BCUT2D eigenvalue weighted by atomic mass is 19.1. The van der Waals surface area contributed by atoms with Crippen molar-refractivity contribution in [2.45, 2.75) is 0 Å². The van der Waals surface area contributed by atoms with Gasteiger partial charge in [-0.2, -0.15) is 15.8 Å². The van der Waals surface area contributed by atoms with Gasteiger partial charge in [0.1, 0.15) is 5.82 Å². The van der Waals surface area contributed by atoms with Crippen LogP contribution in [0.1, 0.15) is 16.7 Å². The van der Waals surface area contributed by atoms with Crippen molar-refractivity contribution in [3.05, 3.63) is 149 Å². The molecule has 47 heavy (non-hydrogen) atoms. The number of nitriles is 3. The van der Waals surface area contributed by atoms with Crippen LogP contribution >= 0.6 is 0 Å². The Kier molecular flexibility index (Phi) is 6.09. The standard InChI is InChI=1S/C40H19FN6/c1-45-27-12-15-37-32(20-27)29-7-3-5-9-35(29)47(37)39-19-26(23-44)18-38(40(39)30-13-10-25(22-43)17-33(30)41)46-34-8-4-2-6-28(34)31-16-24(21-42)11-14-36(31)46/h2-20H. The van der Waals surface area contributed by atoms with E-state index in [9.17, 15) is 15.8 Å². The zero-order valence-electron chi connectivity index (χ0n) is 24.5. The highest BCUT2D eigenvalue weighted by Gasteiger charge is 2.25. The molecule has 2 aromatic heterocycles. The molecule has 8 rings (SSSR count). The van der Waals surface area contributed by atoms with Crippen molar-refractivity contribution in [3.8, 4) is 40.7 Å². The molecule has 0 unspecified atom stereocenters. The zero-order chi connectivity index (χ0) is 32.2. The summed E-state index contributed by atoms with van der Waals surface area (Å²) in [5, 5.41) is 33.2. The van der Waals surface area contributed by atoms with E-state index in [-0.39, 0.29) is 11.1 Å². The summed E-state index contributed by atoms with van der Waals surface area (Å²) in [7, 11) is 0. The summed E-state index contributed by atoms with van der Waals surface area (Å²) < 4.78 is 20.3. The van der Waals surface area contributed by atoms with Crippen LogP contribution in [-0.2, 0) is 0 Å². The van der Waals surface area contributed by atoms with Gasteiger partial charge in [-0.15, -0.1) is 0 Å². The molecule has 0 bridgehead atoms. The molecule has 6 aromatic carbocycles. The Morgan fingerprint density at radius 2 is 1.04 bits per heavy atom. The predicted octanol–water partition coefficient (Wildman–Crippen LogP) is 9.85. The number of aromatic nitrogens is 2. The van der Waals surface area contributed by atoms with Crippen molar-refractivity contribution < 1.29 is 4.39 Å². The van der Waals surface area contributed by atoms with Gasteiger partial charge in [0.2, 0.25) is 0 Å². The fraction of sp³-hybridized carbons (Fsp3) is 0.